The zero-order valence-corrected chi connectivity index (χ0v) is 16.1. The van der Waals surface area contributed by atoms with E-state index in [0.717, 1.165) is 57.8 Å². The summed E-state index contributed by atoms with van der Waals surface area (Å²) >= 11 is 0. The molecule has 0 aromatic heterocycles. The molecule has 2 saturated heterocycles. The average molecular weight is 390 g/mol. The molecule has 1 aromatic rings. The van der Waals surface area contributed by atoms with Crippen LogP contribution in [0.15, 0.2) is 30.3 Å². The van der Waals surface area contributed by atoms with Crippen LogP contribution in [0.4, 0.5) is 0 Å². The number of halogens is 2. The number of benzene rings is 1. The molecule has 7 heteroatoms. The Labute approximate surface area is 162 Å². The van der Waals surface area contributed by atoms with Crippen LogP contribution in [0.5, 0.6) is 0 Å². The van der Waals surface area contributed by atoms with Gasteiger partial charge in [-0.05, 0) is 18.4 Å². The summed E-state index contributed by atoms with van der Waals surface area (Å²) in [6.07, 6.45) is 2.59. The molecule has 2 fully saturated rings. The van der Waals surface area contributed by atoms with Crippen LogP contribution in [-0.2, 0) is 9.53 Å². The van der Waals surface area contributed by atoms with Crippen LogP contribution in [0.2, 0.25) is 0 Å². The third-order valence-corrected chi connectivity index (χ3v) is 4.89. The van der Waals surface area contributed by atoms with Crippen molar-refractivity contribution in [2.45, 2.75) is 31.3 Å². The molecule has 0 bridgehead atoms. The molecule has 2 unspecified atom stereocenters. The fraction of sp³-hybridized carbons (Fsp3) is 0.611. The molecular weight excluding hydrogens is 361 g/mol. The SMILES string of the molecule is Cl.Cl.NC(CC(=O)N1CCCC1CN1CCOCC1)c1ccccc1. The summed E-state index contributed by atoms with van der Waals surface area (Å²) in [5, 5.41) is 0. The molecule has 1 amide bonds. The third-order valence-electron chi connectivity index (χ3n) is 4.89. The molecular formula is C18H29Cl2N3O2. The van der Waals surface area contributed by atoms with Crippen molar-refractivity contribution < 1.29 is 9.53 Å². The number of ether oxygens (including phenoxy) is 1. The molecule has 3 rings (SSSR count). The Bertz CT molecular complexity index is 512. The number of rotatable bonds is 5. The molecule has 2 atom stereocenters. The monoisotopic (exact) mass is 389 g/mol. The number of amides is 1. The Balaban J connectivity index is 0.00000156. The number of carbonyl (C=O) groups excluding carboxylic acids is 1. The molecule has 1 aromatic carbocycles. The maximum Gasteiger partial charge on any atom is 0.224 e. The second-order valence-electron chi connectivity index (χ2n) is 6.52. The van der Waals surface area contributed by atoms with Crippen molar-refractivity contribution in [3.8, 4) is 0 Å². The van der Waals surface area contributed by atoms with Crippen molar-refractivity contribution >= 4 is 30.7 Å². The van der Waals surface area contributed by atoms with E-state index in [0.29, 0.717) is 12.5 Å². The minimum atomic E-state index is -0.215. The Hall–Kier alpha value is -0.850. The topological polar surface area (TPSA) is 58.8 Å². The van der Waals surface area contributed by atoms with Crippen molar-refractivity contribution in [1.29, 1.82) is 0 Å². The van der Waals surface area contributed by atoms with Gasteiger partial charge in [0.05, 0.1) is 13.2 Å². The first kappa shape index (κ1) is 22.2. The molecule has 142 valence electrons. The quantitative estimate of drug-likeness (QED) is 0.838. The Morgan fingerprint density at radius 3 is 2.52 bits per heavy atom. The standard InChI is InChI=1S/C18H27N3O2.2ClH/c19-17(15-5-2-1-3-6-15)13-18(22)21-8-4-7-16(21)14-20-9-11-23-12-10-20;;/h1-3,5-6,16-17H,4,7-14,19H2;2*1H. The molecule has 2 aliphatic heterocycles. The second kappa shape index (κ2) is 11.0. The van der Waals surface area contributed by atoms with E-state index < -0.39 is 0 Å². The van der Waals surface area contributed by atoms with Crippen LogP contribution in [0, 0.1) is 0 Å². The third kappa shape index (κ3) is 6.12. The van der Waals surface area contributed by atoms with Crippen molar-refractivity contribution in [1.82, 2.24) is 9.80 Å². The zero-order chi connectivity index (χ0) is 16.1. The fourth-order valence-corrected chi connectivity index (χ4v) is 3.56. The Morgan fingerprint density at radius 2 is 1.84 bits per heavy atom. The van der Waals surface area contributed by atoms with E-state index in [1.165, 1.54) is 0 Å². The zero-order valence-electron chi connectivity index (χ0n) is 14.5. The van der Waals surface area contributed by atoms with Gasteiger partial charge in [0.25, 0.3) is 0 Å². The predicted molar refractivity (Wildman–Crippen MR) is 104 cm³/mol. The maximum atomic E-state index is 12.7. The summed E-state index contributed by atoms with van der Waals surface area (Å²) < 4.78 is 5.40. The smallest absolute Gasteiger partial charge is 0.224 e. The highest BCUT2D eigenvalue weighted by Crippen LogP contribution is 2.22. The van der Waals surface area contributed by atoms with Gasteiger partial charge in [0.1, 0.15) is 0 Å². The van der Waals surface area contributed by atoms with Gasteiger partial charge in [0, 0.05) is 44.7 Å². The molecule has 25 heavy (non-hydrogen) atoms. The minimum absolute atomic E-state index is 0. The first-order valence-corrected chi connectivity index (χ1v) is 8.64. The molecule has 2 aliphatic rings. The number of hydrogen-bond acceptors (Lipinski definition) is 4. The highest BCUT2D eigenvalue weighted by Gasteiger charge is 2.31. The normalized spacial score (nSPS) is 22.0. The van der Waals surface area contributed by atoms with Gasteiger partial charge >= 0.3 is 0 Å². The van der Waals surface area contributed by atoms with Crippen LogP contribution in [0.3, 0.4) is 0 Å². The number of hydrogen-bond donors (Lipinski definition) is 1. The lowest BCUT2D eigenvalue weighted by Crippen LogP contribution is -2.47. The van der Waals surface area contributed by atoms with E-state index in [1.807, 2.05) is 30.3 Å². The number of carbonyl (C=O) groups is 1. The fourth-order valence-electron chi connectivity index (χ4n) is 3.56. The highest BCUT2D eigenvalue weighted by molar-refractivity contribution is 5.85. The van der Waals surface area contributed by atoms with Crippen LogP contribution in [0.25, 0.3) is 0 Å². The lowest BCUT2D eigenvalue weighted by Gasteiger charge is -2.33. The predicted octanol–water partition coefficient (Wildman–Crippen LogP) is 2.24. The van der Waals surface area contributed by atoms with Gasteiger partial charge in [-0.3, -0.25) is 9.69 Å². The van der Waals surface area contributed by atoms with E-state index >= 15 is 0 Å². The summed E-state index contributed by atoms with van der Waals surface area (Å²) in [5.41, 5.74) is 7.25. The second-order valence-corrected chi connectivity index (χ2v) is 6.52. The van der Waals surface area contributed by atoms with E-state index in [4.69, 9.17) is 10.5 Å². The van der Waals surface area contributed by atoms with E-state index in [9.17, 15) is 4.79 Å². The summed E-state index contributed by atoms with van der Waals surface area (Å²) in [4.78, 5) is 17.2. The number of nitrogens with zero attached hydrogens (tertiary/aromatic N) is 2. The van der Waals surface area contributed by atoms with Gasteiger partial charge in [0.15, 0.2) is 0 Å². The summed E-state index contributed by atoms with van der Waals surface area (Å²) in [6, 6.07) is 10.0. The number of morpholine rings is 1. The lowest BCUT2D eigenvalue weighted by molar-refractivity contribution is -0.132. The summed E-state index contributed by atoms with van der Waals surface area (Å²) in [7, 11) is 0. The van der Waals surface area contributed by atoms with Crippen LogP contribution >= 0.6 is 24.8 Å². The average Bonchev–Trinajstić information content (AvgIpc) is 3.05. The molecule has 2 heterocycles. The van der Waals surface area contributed by atoms with Crippen molar-refractivity contribution in [2.75, 3.05) is 39.4 Å². The Morgan fingerprint density at radius 1 is 1.16 bits per heavy atom. The largest absolute Gasteiger partial charge is 0.379 e. The van der Waals surface area contributed by atoms with Crippen molar-refractivity contribution in [2.24, 2.45) is 5.73 Å². The maximum absolute atomic E-state index is 12.7. The van der Waals surface area contributed by atoms with Gasteiger partial charge in [-0.15, -0.1) is 24.8 Å². The Kier molecular flexibility index (Phi) is 9.75. The first-order valence-electron chi connectivity index (χ1n) is 8.64. The summed E-state index contributed by atoms with van der Waals surface area (Å²) in [6.45, 7) is 5.40. The number of nitrogens with two attached hydrogens (primary N) is 1. The van der Waals surface area contributed by atoms with E-state index in [1.54, 1.807) is 0 Å². The molecule has 0 saturated carbocycles. The van der Waals surface area contributed by atoms with Crippen molar-refractivity contribution in [3.63, 3.8) is 0 Å². The van der Waals surface area contributed by atoms with Gasteiger partial charge < -0.3 is 15.4 Å². The van der Waals surface area contributed by atoms with Crippen LogP contribution in [0.1, 0.15) is 30.9 Å². The molecule has 0 aliphatic carbocycles. The lowest BCUT2D eigenvalue weighted by atomic mass is 10.0. The van der Waals surface area contributed by atoms with Crippen LogP contribution in [-0.4, -0.2) is 61.1 Å². The molecule has 0 spiro atoms. The van der Waals surface area contributed by atoms with E-state index in [2.05, 4.69) is 9.80 Å². The van der Waals surface area contributed by atoms with E-state index in [-0.39, 0.29) is 36.8 Å². The molecule has 2 N–H and O–H groups in total. The van der Waals surface area contributed by atoms with Gasteiger partial charge in [0.2, 0.25) is 5.91 Å². The first-order chi connectivity index (χ1) is 11.2. The molecule has 0 radical (unpaired) electrons. The minimum Gasteiger partial charge on any atom is -0.379 e. The van der Waals surface area contributed by atoms with Crippen LogP contribution < -0.4 is 5.73 Å². The highest BCUT2D eigenvalue weighted by atomic mass is 35.5. The van der Waals surface area contributed by atoms with Crippen molar-refractivity contribution in [3.05, 3.63) is 35.9 Å². The van der Waals surface area contributed by atoms with Gasteiger partial charge in [-0.1, -0.05) is 30.3 Å². The number of likely N-dealkylation sites (tertiary alicyclic amines) is 1. The summed E-state index contributed by atoms with van der Waals surface area (Å²) in [5.74, 6) is 0.192. The van der Waals surface area contributed by atoms with Gasteiger partial charge in [-0.2, -0.15) is 0 Å². The molecule has 5 nitrogen and oxygen atoms in total. The van der Waals surface area contributed by atoms with Gasteiger partial charge in [-0.25, -0.2) is 0 Å².